The number of morpholine rings is 1. The standard InChI is InChI=1S/C19H26FN3O2/c1-21-8-6-16(7-9-21)22-11-17-18(12-22)25-13-19(24)23(17)10-14-2-4-15(20)5-3-14/h2-5,16-18H,6-13H2,1H3/t17-,18+/m1/s1. The van der Waals surface area contributed by atoms with Gasteiger partial charge in [0.15, 0.2) is 0 Å². The quantitative estimate of drug-likeness (QED) is 0.827. The Kier molecular flexibility index (Phi) is 4.75. The molecule has 0 spiro atoms. The molecule has 2 atom stereocenters. The van der Waals surface area contributed by atoms with Crippen LogP contribution in [-0.4, -0.2) is 78.6 Å². The molecule has 0 aromatic heterocycles. The van der Waals surface area contributed by atoms with E-state index in [0.717, 1.165) is 31.7 Å². The molecule has 6 heteroatoms. The molecule has 3 saturated heterocycles. The molecule has 0 N–H and O–H groups in total. The molecule has 3 aliphatic rings. The number of amides is 1. The molecule has 25 heavy (non-hydrogen) atoms. The van der Waals surface area contributed by atoms with Gasteiger partial charge in [-0.3, -0.25) is 9.69 Å². The Morgan fingerprint density at radius 1 is 1.16 bits per heavy atom. The van der Waals surface area contributed by atoms with E-state index in [-0.39, 0.29) is 30.5 Å². The highest BCUT2D eigenvalue weighted by Gasteiger charge is 2.44. The Morgan fingerprint density at radius 3 is 2.60 bits per heavy atom. The zero-order chi connectivity index (χ0) is 17.4. The normalized spacial score (nSPS) is 29.2. The Balaban J connectivity index is 1.45. The molecule has 1 aromatic rings. The Morgan fingerprint density at radius 2 is 1.88 bits per heavy atom. The van der Waals surface area contributed by atoms with Gasteiger partial charge in [-0.05, 0) is 50.7 Å². The van der Waals surface area contributed by atoms with Gasteiger partial charge < -0.3 is 14.5 Å². The zero-order valence-corrected chi connectivity index (χ0v) is 14.7. The maximum absolute atomic E-state index is 13.1. The van der Waals surface area contributed by atoms with E-state index in [1.54, 1.807) is 12.1 Å². The highest BCUT2D eigenvalue weighted by molar-refractivity contribution is 5.78. The summed E-state index contributed by atoms with van der Waals surface area (Å²) in [6.07, 6.45) is 2.46. The fraction of sp³-hybridized carbons (Fsp3) is 0.632. The van der Waals surface area contributed by atoms with Crippen molar-refractivity contribution in [3.05, 3.63) is 35.6 Å². The maximum Gasteiger partial charge on any atom is 0.249 e. The van der Waals surface area contributed by atoms with Crippen molar-refractivity contribution >= 4 is 5.91 Å². The van der Waals surface area contributed by atoms with Crippen LogP contribution < -0.4 is 0 Å². The number of hydrogen-bond donors (Lipinski definition) is 0. The number of benzene rings is 1. The lowest BCUT2D eigenvalue weighted by molar-refractivity contribution is -0.153. The van der Waals surface area contributed by atoms with E-state index in [1.165, 1.54) is 25.0 Å². The molecule has 0 unspecified atom stereocenters. The van der Waals surface area contributed by atoms with Gasteiger partial charge in [0.1, 0.15) is 12.4 Å². The number of rotatable bonds is 3. The molecule has 1 amide bonds. The summed E-state index contributed by atoms with van der Waals surface area (Å²) < 4.78 is 19.0. The topological polar surface area (TPSA) is 36.0 Å². The van der Waals surface area contributed by atoms with Crippen LogP contribution in [0, 0.1) is 5.82 Å². The number of halogens is 1. The first-order valence-electron chi connectivity index (χ1n) is 9.18. The summed E-state index contributed by atoms with van der Waals surface area (Å²) >= 11 is 0. The molecule has 0 aliphatic carbocycles. The first-order chi connectivity index (χ1) is 12.1. The van der Waals surface area contributed by atoms with Gasteiger partial charge in [0.25, 0.3) is 0 Å². The largest absolute Gasteiger partial charge is 0.365 e. The number of carbonyl (C=O) groups excluding carboxylic acids is 1. The molecule has 136 valence electrons. The predicted octanol–water partition coefficient (Wildman–Crippen LogP) is 1.33. The third kappa shape index (κ3) is 3.57. The minimum atomic E-state index is -0.246. The van der Waals surface area contributed by atoms with Gasteiger partial charge >= 0.3 is 0 Å². The van der Waals surface area contributed by atoms with Gasteiger partial charge in [-0.1, -0.05) is 12.1 Å². The van der Waals surface area contributed by atoms with E-state index < -0.39 is 0 Å². The molecule has 3 heterocycles. The van der Waals surface area contributed by atoms with Crippen molar-refractivity contribution in [2.45, 2.75) is 37.6 Å². The average Bonchev–Trinajstić information content (AvgIpc) is 3.04. The molecule has 0 bridgehead atoms. The minimum Gasteiger partial charge on any atom is -0.365 e. The fourth-order valence-corrected chi connectivity index (χ4v) is 4.34. The first-order valence-corrected chi connectivity index (χ1v) is 9.18. The van der Waals surface area contributed by atoms with Crippen molar-refractivity contribution in [3.63, 3.8) is 0 Å². The molecule has 4 rings (SSSR count). The molecule has 3 aliphatic heterocycles. The second-order valence-electron chi connectivity index (χ2n) is 7.55. The van der Waals surface area contributed by atoms with Crippen LogP contribution in [0.5, 0.6) is 0 Å². The molecule has 0 radical (unpaired) electrons. The van der Waals surface area contributed by atoms with Gasteiger partial charge in [-0.2, -0.15) is 0 Å². The van der Waals surface area contributed by atoms with E-state index in [9.17, 15) is 9.18 Å². The summed E-state index contributed by atoms with van der Waals surface area (Å²) in [4.78, 5) is 19.3. The van der Waals surface area contributed by atoms with Crippen LogP contribution >= 0.6 is 0 Å². The van der Waals surface area contributed by atoms with E-state index in [4.69, 9.17) is 4.74 Å². The maximum atomic E-state index is 13.1. The predicted molar refractivity (Wildman–Crippen MR) is 92.6 cm³/mol. The molecule has 3 fully saturated rings. The second kappa shape index (κ2) is 7.02. The van der Waals surface area contributed by atoms with Crippen LogP contribution in [-0.2, 0) is 16.1 Å². The summed E-state index contributed by atoms with van der Waals surface area (Å²) in [5.41, 5.74) is 0.966. The fourth-order valence-electron chi connectivity index (χ4n) is 4.34. The highest BCUT2D eigenvalue weighted by Crippen LogP contribution is 2.29. The van der Waals surface area contributed by atoms with Crippen LogP contribution in [0.25, 0.3) is 0 Å². The van der Waals surface area contributed by atoms with E-state index in [2.05, 4.69) is 16.8 Å². The lowest BCUT2D eigenvalue weighted by Crippen LogP contribution is -2.53. The number of likely N-dealkylation sites (tertiary alicyclic amines) is 2. The van der Waals surface area contributed by atoms with E-state index in [1.807, 2.05) is 4.90 Å². The molecular weight excluding hydrogens is 321 g/mol. The van der Waals surface area contributed by atoms with Crippen LogP contribution in [0.3, 0.4) is 0 Å². The summed E-state index contributed by atoms with van der Waals surface area (Å²) in [6, 6.07) is 7.13. The van der Waals surface area contributed by atoms with Gasteiger partial charge in [0.2, 0.25) is 5.91 Å². The highest BCUT2D eigenvalue weighted by atomic mass is 19.1. The van der Waals surface area contributed by atoms with Crippen molar-refractivity contribution in [3.8, 4) is 0 Å². The van der Waals surface area contributed by atoms with Crippen molar-refractivity contribution in [2.75, 3.05) is 39.8 Å². The summed E-state index contributed by atoms with van der Waals surface area (Å²) in [6.45, 7) is 4.75. The number of ether oxygens (including phenoxy) is 1. The van der Waals surface area contributed by atoms with Crippen molar-refractivity contribution < 1.29 is 13.9 Å². The Hall–Kier alpha value is -1.50. The molecule has 5 nitrogen and oxygen atoms in total. The third-order valence-electron chi connectivity index (χ3n) is 5.88. The third-order valence-corrected chi connectivity index (χ3v) is 5.88. The SMILES string of the molecule is CN1CCC(N2C[C@@H]3OCC(=O)N(Cc4ccc(F)cc4)[C@@H]3C2)CC1. The van der Waals surface area contributed by atoms with Gasteiger partial charge in [-0.15, -0.1) is 0 Å². The van der Waals surface area contributed by atoms with Crippen molar-refractivity contribution in [1.82, 2.24) is 14.7 Å². The summed E-state index contributed by atoms with van der Waals surface area (Å²) in [5, 5.41) is 0. The van der Waals surface area contributed by atoms with Gasteiger partial charge in [-0.25, -0.2) is 4.39 Å². The molecular formula is C19H26FN3O2. The lowest BCUT2D eigenvalue weighted by Gasteiger charge is -2.37. The van der Waals surface area contributed by atoms with Crippen LogP contribution in [0.1, 0.15) is 18.4 Å². The average molecular weight is 347 g/mol. The summed E-state index contributed by atoms with van der Waals surface area (Å²) in [5.74, 6) is -0.208. The number of carbonyl (C=O) groups is 1. The first kappa shape index (κ1) is 16.9. The minimum absolute atomic E-state index is 0.0378. The van der Waals surface area contributed by atoms with Gasteiger partial charge in [0.05, 0.1) is 12.1 Å². The lowest BCUT2D eigenvalue weighted by atomic mass is 10.0. The van der Waals surface area contributed by atoms with Crippen molar-refractivity contribution in [2.24, 2.45) is 0 Å². The molecule has 1 aromatic carbocycles. The van der Waals surface area contributed by atoms with Crippen LogP contribution in [0.15, 0.2) is 24.3 Å². The second-order valence-corrected chi connectivity index (χ2v) is 7.55. The van der Waals surface area contributed by atoms with Crippen molar-refractivity contribution in [1.29, 1.82) is 0 Å². The number of hydrogen-bond acceptors (Lipinski definition) is 4. The van der Waals surface area contributed by atoms with Gasteiger partial charge in [0, 0.05) is 25.7 Å². The molecule has 0 saturated carbocycles. The smallest absolute Gasteiger partial charge is 0.249 e. The van der Waals surface area contributed by atoms with Crippen LogP contribution in [0.4, 0.5) is 4.39 Å². The monoisotopic (exact) mass is 347 g/mol. The Bertz CT molecular complexity index is 616. The zero-order valence-electron chi connectivity index (χ0n) is 14.7. The number of piperidine rings is 1. The summed E-state index contributed by atoms with van der Waals surface area (Å²) in [7, 11) is 2.17. The number of fused-ring (bicyclic) bond motifs is 1. The van der Waals surface area contributed by atoms with Crippen LogP contribution in [0.2, 0.25) is 0 Å². The van der Waals surface area contributed by atoms with E-state index >= 15 is 0 Å². The van der Waals surface area contributed by atoms with E-state index in [0.29, 0.717) is 12.6 Å². The Labute approximate surface area is 148 Å². The number of nitrogens with zero attached hydrogens (tertiary/aromatic N) is 3.